The molecule has 0 bridgehead atoms. The molecule has 2 aromatic carbocycles. The summed E-state index contributed by atoms with van der Waals surface area (Å²) >= 11 is 12.9. The third kappa shape index (κ3) is 4.11. The van der Waals surface area contributed by atoms with Gasteiger partial charge in [0.05, 0.1) is 15.7 Å². The van der Waals surface area contributed by atoms with Crippen LogP contribution < -0.4 is 9.62 Å². The van der Waals surface area contributed by atoms with Crippen molar-refractivity contribution in [2.45, 2.75) is 4.90 Å². The molecule has 0 saturated carbocycles. The molecule has 140 valence electrons. The van der Waals surface area contributed by atoms with E-state index >= 15 is 0 Å². The van der Waals surface area contributed by atoms with E-state index in [1.54, 1.807) is 47.8 Å². The number of benzene rings is 2. The van der Waals surface area contributed by atoms with Crippen LogP contribution in [0.25, 0.3) is 0 Å². The Balaban J connectivity index is 1.90. The fraction of sp³-hybridized carbons (Fsp3) is 0.0556. The Morgan fingerprint density at radius 2 is 1.74 bits per heavy atom. The van der Waals surface area contributed by atoms with E-state index in [4.69, 9.17) is 23.2 Å². The summed E-state index contributed by atoms with van der Waals surface area (Å²) in [6.45, 7) is 0. The highest BCUT2D eigenvalue weighted by atomic mass is 35.5. The molecule has 0 aliphatic rings. The van der Waals surface area contributed by atoms with Gasteiger partial charge in [-0.1, -0.05) is 41.4 Å². The van der Waals surface area contributed by atoms with Crippen LogP contribution in [0.1, 0.15) is 9.67 Å². The van der Waals surface area contributed by atoms with Gasteiger partial charge >= 0.3 is 0 Å². The minimum atomic E-state index is -3.90. The number of sulfonamides is 1. The maximum absolute atomic E-state index is 13.0. The van der Waals surface area contributed by atoms with Crippen molar-refractivity contribution in [1.29, 1.82) is 0 Å². The zero-order valence-electron chi connectivity index (χ0n) is 14.0. The van der Waals surface area contributed by atoms with Gasteiger partial charge in [-0.05, 0) is 41.8 Å². The van der Waals surface area contributed by atoms with Gasteiger partial charge in [0, 0.05) is 12.7 Å². The summed E-state index contributed by atoms with van der Waals surface area (Å²) in [6.07, 6.45) is 0. The molecule has 9 heteroatoms. The lowest BCUT2D eigenvalue weighted by molar-refractivity contribution is 0.102. The fourth-order valence-electron chi connectivity index (χ4n) is 2.35. The van der Waals surface area contributed by atoms with Crippen LogP contribution in [0, 0.1) is 0 Å². The molecule has 0 fully saturated rings. The van der Waals surface area contributed by atoms with Gasteiger partial charge in [0.15, 0.2) is 0 Å². The number of rotatable bonds is 5. The SMILES string of the molecule is CN(c1ccccc1)S(=O)(=O)c1ccsc1C(=O)Nc1ccc(Cl)c(Cl)c1. The predicted octanol–water partition coefficient (Wildman–Crippen LogP) is 5.13. The Morgan fingerprint density at radius 1 is 1.04 bits per heavy atom. The largest absolute Gasteiger partial charge is 0.321 e. The number of thiophene rings is 1. The van der Waals surface area contributed by atoms with E-state index in [0.29, 0.717) is 16.4 Å². The molecule has 3 aromatic rings. The highest BCUT2D eigenvalue weighted by molar-refractivity contribution is 7.93. The molecule has 0 spiro atoms. The second-order valence-electron chi connectivity index (χ2n) is 5.51. The third-order valence-electron chi connectivity index (χ3n) is 3.77. The molecule has 0 radical (unpaired) electrons. The van der Waals surface area contributed by atoms with E-state index in [-0.39, 0.29) is 14.8 Å². The summed E-state index contributed by atoms with van der Waals surface area (Å²) in [5.74, 6) is -0.538. The zero-order chi connectivity index (χ0) is 19.6. The summed E-state index contributed by atoms with van der Waals surface area (Å²) in [4.78, 5) is 12.7. The second kappa shape index (κ2) is 7.90. The molecule has 0 atom stereocenters. The van der Waals surface area contributed by atoms with E-state index in [9.17, 15) is 13.2 Å². The average Bonchev–Trinajstić information content (AvgIpc) is 3.16. The number of nitrogens with one attached hydrogen (secondary N) is 1. The maximum Gasteiger partial charge on any atom is 0.267 e. The summed E-state index contributed by atoms with van der Waals surface area (Å²) in [7, 11) is -2.45. The Kier molecular flexibility index (Phi) is 5.76. The monoisotopic (exact) mass is 440 g/mol. The van der Waals surface area contributed by atoms with Crippen molar-refractivity contribution in [3.63, 3.8) is 0 Å². The molecular formula is C18H14Cl2N2O3S2. The number of carbonyl (C=O) groups excluding carboxylic acids is 1. The standard InChI is InChI=1S/C18H14Cl2N2O3S2/c1-22(13-5-3-2-4-6-13)27(24,25)16-9-10-26-17(16)18(23)21-12-7-8-14(19)15(20)11-12/h2-11H,1H3,(H,21,23). The van der Waals surface area contributed by atoms with Crippen molar-refractivity contribution in [2.75, 3.05) is 16.7 Å². The van der Waals surface area contributed by atoms with Gasteiger partial charge in [-0.2, -0.15) is 0 Å². The minimum Gasteiger partial charge on any atom is -0.321 e. The molecule has 0 aliphatic carbocycles. The van der Waals surface area contributed by atoms with Crippen LogP contribution in [0.2, 0.25) is 10.0 Å². The van der Waals surface area contributed by atoms with E-state index < -0.39 is 15.9 Å². The molecule has 3 rings (SSSR count). The van der Waals surface area contributed by atoms with Crippen LogP contribution in [0.3, 0.4) is 0 Å². The molecule has 0 aliphatic heterocycles. The average molecular weight is 441 g/mol. The van der Waals surface area contributed by atoms with Crippen molar-refractivity contribution >= 4 is 61.8 Å². The fourth-order valence-corrected chi connectivity index (χ4v) is 5.14. The predicted molar refractivity (Wildman–Crippen MR) is 111 cm³/mol. The Morgan fingerprint density at radius 3 is 2.41 bits per heavy atom. The van der Waals surface area contributed by atoms with Gasteiger partial charge in [-0.25, -0.2) is 8.42 Å². The van der Waals surface area contributed by atoms with Crippen molar-refractivity contribution in [3.05, 3.63) is 74.9 Å². The number of nitrogens with zero attached hydrogens (tertiary/aromatic N) is 1. The Bertz CT molecular complexity index is 1080. The summed E-state index contributed by atoms with van der Waals surface area (Å²) in [5.41, 5.74) is 0.919. The number of carbonyl (C=O) groups is 1. The minimum absolute atomic E-state index is 0.0589. The van der Waals surface area contributed by atoms with Crippen molar-refractivity contribution in [2.24, 2.45) is 0 Å². The van der Waals surface area contributed by atoms with Crippen molar-refractivity contribution in [1.82, 2.24) is 0 Å². The van der Waals surface area contributed by atoms with Gasteiger partial charge in [-0.15, -0.1) is 11.3 Å². The number of halogens is 2. The maximum atomic E-state index is 13.0. The number of hydrogen-bond acceptors (Lipinski definition) is 4. The van der Waals surface area contributed by atoms with E-state index in [0.717, 1.165) is 15.6 Å². The first-order chi connectivity index (χ1) is 12.8. The third-order valence-corrected chi connectivity index (χ3v) is 7.38. The first-order valence-corrected chi connectivity index (χ1v) is 10.8. The van der Waals surface area contributed by atoms with Gasteiger partial charge in [0.1, 0.15) is 9.77 Å². The summed E-state index contributed by atoms with van der Waals surface area (Å²) in [6, 6.07) is 14.7. The normalized spacial score (nSPS) is 11.2. The molecule has 1 amide bonds. The van der Waals surface area contributed by atoms with E-state index in [1.807, 2.05) is 0 Å². The number of anilines is 2. The molecule has 0 saturated heterocycles. The van der Waals surface area contributed by atoms with Gasteiger partial charge < -0.3 is 5.32 Å². The topological polar surface area (TPSA) is 66.5 Å². The molecule has 1 heterocycles. The lowest BCUT2D eigenvalue weighted by atomic mass is 10.3. The molecule has 5 nitrogen and oxygen atoms in total. The Hall–Kier alpha value is -2.06. The van der Waals surface area contributed by atoms with Crippen LogP contribution in [-0.4, -0.2) is 21.4 Å². The van der Waals surface area contributed by atoms with Gasteiger partial charge in [-0.3, -0.25) is 9.10 Å². The smallest absolute Gasteiger partial charge is 0.267 e. The number of para-hydroxylation sites is 1. The van der Waals surface area contributed by atoms with E-state index in [2.05, 4.69) is 5.32 Å². The van der Waals surface area contributed by atoms with Gasteiger partial charge in [0.2, 0.25) is 0 Å². The zero-order valence-corrected chi connectivity index (χ0v) is 17.2. The first-order valence-electron chi connectivity index (χ1n) is 7.68. The first kappa shape index (κ1) is 19.7. The summed E-state index contributed by atoms with van der Waals surface area (Å²) in [5, 5.41) is 4.86. The van der Waals surface area contributed by atoms with Crippen molar-refractivity contribution < 1.29 is 13.2 Å². The van der Waals surface area contributed by atoms with Crippen LogP contribution in [0.4, 0.5) is 11.4 Å². The van der Waals surface area contributed by atoms with Crippen LogP contribution in [-0.2, 0) is 10.0 Å². The molecule has 27 heavy (non-hydrogen) atoms. The Labute approximate surface area is 171 Å². The summed E-state index contributed by atoms with van der Waals surface area (Å²) < 4.78 is 27.1. The second-order valence-corrected chi connectivity index (χ2v) is 9.17. The lowest BCUT2D eigenvalue weighted by Gasteiger charge is -2.19. The van der Waals surface area contributed by atoms with E-state index in [1.165, 1.54) is 19.2 Å². The van der Waals surface area contributed by atoms with Gasteiger partial charge in [0.25, 0.3) is 15.9 Å². The molecule has 0 unspecified atom stereocenters. The molecule has 1 aromatic heterocycles. The molecular weight excluding hydrogens is 427 g/mol. The highest BCUT2D eigenvalue weighted by Gasteiger charge is 2.28. The molecule has 1 N–H and O–H groups in total. The van der Waals surface area contributed by atoms with Crippen LogP contribution in [0.5, 0.6) is 0 Å². The number of amides is 1. The quantitative estimate of drug-likeness (QED) is 0.597. The number of hydrogen-bond donors (Lipinski definition) is 1. The lowest BCUT2D eigenvalue weighted by Crippen LogP contribution is -2.28. The van der Waals surface area contributed by atoms with Crippen LogP contribution >= 0.6 is 34.5 Å². The highest BCUT2D eigenvalue weighted by Crippen LogP contribution is 2.30. The van der Waals surface area contributed by atoms with Crippen LogP contribution in [0.15, 0.2) is 64.9 Å². The van der Waals surface area contributed by atoms with Crippen molar-refractivity contribution in [3.8, 4) is 0 Å².